The van der Waals surface area contributed by atoms with E-state index in [4.69, 9.17) is 0 Å². The van der Waals surface area contributed by atoms with Crippen LogP contribution in [-0.4, -0.2) is 44.3 Å². The Labute approximate surface area is 272 Å². The van der Waals surface area contributed by atoms with Gasteiger partial charge in [0.1, 0.15) is 18.4 Å². The summed E-state index contributed by atoms with van der Waals surface area (Å²) in [7, 11) is -4.23. The van der Waals surface area contributed by atoms with E-state index in [2.05, 4.69) is 5.32 Å². The second-order valence-corrected chi connectivity index (χ2v) is 13.9. The van der Waals surface area contributed by atoms with E-state index in [-0.39, 0.29) is 29.3 Å². The summed E-state index contributed by atoms with van der Waals surface area (Å²) in [6, 6.07) is 26.1. The van der Waals surface area contributed by atoms with Crippen LogP contribution in [-0.2, 0) is 32.6 Å². The van der Waals surface area contributed by atoms with E-state index in [0.29, 0.717) is 17.8 Å². The molecule has 0 radical (unpaired) electrons. The fraction of sp³-hybridized carbons (Fsp3) is 0.297. The third kappa shape index (κ3) is 8.60. The largest absolute Gasteiger partial charge is 0.354 e. The van der Waals surface area contributed by atoms with E-state index in [1.807, 2.05) is 70.2 Å². The van der Waals surface area contributed by atoms with Crippen molar-refractivity contribution in [2.75, 3.05) is 17.4 Å². The van der Waals surface area contributed by atoms with E-state index in [0.717, 1.165) is 21.0 Å². The summed E-state index contributed by atoms with van der Waals surface area (Å²) < 4.78 is 44.7. The maximum Gasteiger partial charge on any atom is 0.264 e. The first-order valence-corrected chi connectivity index (χ1v) is 16.8. The number of hydrogen-bond acceptors (Lipinski definition) is 4. The number of aryl methyl sites for hydroxylation is 3. The van der Waals surface area contributed by atoms with Gasteiger partial charge in [0.05, 0.1) is 10.6 Å². The van der Waals surface area contributed by atoms with Gasteiger partial charge in [0.25, 0.3) is 10.0 Å². The number of sulfonamides is 1. The smallest absolute Gasteiger partial charge is 0.264 e. The molecule has 0 fully saturated rings. The van der Waals surface area contributed by atoms with Crippen LogP contribution in [0.15, 0.2) is 102 Å². The maximum atomic E-state index is 15.1. The first kappa shape index (κ1) is 34.4. The van der Waals surface area contributed by atoms with Gasteiger partial charge in [-0.2, -0.15) is 0 Å². The SMILES string of the molecule is Cc1ccc(S(=O)(=O)N(CC(=O)N(Cc2ccccc2F)[C@H](Cc2ccccc2)C(=O)NCC(C)C)c2cc(C)ccc2C)cc1. The van der Waals surface area contributed by atoms with Crippen molar-refractivity contribution >= 4 is 27.5 Å². The molecule has 242 valence electrons. The highest BCUT2D eigenvalue weighted by molar-refractivity contribution is 7.92. The van der Waals surface area contributed by atoms with Crippen molar-refractivity contribution in [3.63, 3.8) is 0 Å². The van der Waals surface area contributed by atoms with Crippen molar-refractivity contribution in [2.24, 2.45) is 5.92 Å². The Balaban J connectivity index is 1.84. The van der Waals surface area contributed by atoms with Crippen LogP contribution in [0.25, 0.3) is 0 Å². The maximum absolute atomic E-state index is 15.1. The van der Waals surface area contributed by atoms with Gasteiger partial charge >= 0.3 is 0 Å². The Morgan fingerprint density at radius 2 is 1.46 bits per heavy atom. The highest BCUT2D eigenvalue weighted by Gasteiger charge is 2.35. The Hall–Kier alpha value is -4.50. The van der Waals surface area contributed by atoms with Crippen LogP contribution in [0.5, 0.6) is 0 Å². The molecule has 0 aliphatic rings. The number of halogens is 1. The van der Waals surface area contributed by atoms with Gasteiger partial charge < -0.3 is 10.2 Å². The molecule has 9 heteroatoms. The van der Waals surface area contributed by atoms with Gasteiger partial charge in [-0.15, -0.1) is 0 Å². The van der Waals surface area contributed by atoms with Gasteiger partial charge in [-0.05, 0) is 67.6 Å². The summed E-state index contributed by atoms with van der Waals surface area (Å²) in [4.78, 5) is 29.7. The first-order valence-electron chi connectivity index (χ1n) is 15.4. The number of benzene rings is 4. The highest BCUT2D eigenvalue weighted by atomic mass is 32.2. The Morgan fingerprint density at radius 3 is 2.11 bits per heavy atom. The standard InChI is InChI=1S/C37H42FN3O4S/c1-26(2)23-39-37(43)35(22-30-11-7-6-8-12-30)40(24-31-13-9-10-14-33(31)38)36(42)25-41(34-21-28(4)15-18-29(34)5)46(44,45)32-19-16-27(3)17-20-32/h6-21,26,35H,22-25H2,1-5H3,(H,39,43)/t35-/m1/s1. The molecule has 0 aliphatic heterocycles. The van der Waals surface area contributed by atoms with Crippen LogP contribution in [0.4, 0.5) is 10.1 Å². The lowest BCUT2D eigenvalue weighted by Crippen LogP contribution is -2.54. The summed E-state index contributed by atoms with van der Waals surface area (Å²) in [5, 5.41) is 2.94. The molecule has 0 unspecified atom stereocenters. The molecule has 4 aromatic rings. The fourth-order valence-corrected chi connectivity index (χ4v) is 6.60. The van der Waals surface area contributed by atoms with Crippen LogP contribution in [0.2, 0.25) is 0 Å². The number of carbonyl (C=O) groups excluding carboxylic acids is 2. The predicted octanol–water partition coefficient (Wildman–Crippen LogP) is 6.36. The van der Waals surface area contributed by atoms with Gasteiger partial charge in [0.2, 0.25) is 11.8 Å². The Kier molecular flexibility index (Phi) is 11.4. The molecule has 0 heterocycles. The van der Waals surface area contributed by atoms with Crippen LogP contribution >= 0.6 is 0 Å². The summed E-state index contributed by atoms with van der Waals surface area (Å²) in [5.41, 5.74) is 3.73. The number of nitrogens with one attached hydrogen (secondary N) is 1. The molecule has 2 amide bonds. The summed E-state index contributed by atoms with van der Waals surface area (Å²) in [5.74, 6) is -1.42. The normalized spacial score (nSPS) is 12.1. The number of rotatable bonds is 13. The molecule has 0 spiro atoms. The van der Waals surface area contributed by atoms with Crippen LogP contribution < -0.4 is 9.62 Å². The molecule has 0 saturated carbocycles. The minimum atomic E-state index is -4.23. The van der Waals surface area contributed by atoms with Crippen LogP contribution in [0.1, 0.15) is 41.7 Å². The van der Waals surface area contributed by atoms with E-state index >= 15 is 4.39 Å². The average Bonchev–Trinajstić information content (AvgIpc) is 3.03. The van der Waals surface area contributed by atoms with E-state index in [1.165, 1.54) is 23.1 Å². The third-order valence-corrected chi connectivity index (χ3v) is 9.55. The zero-order chi connectivity index (χ0) is 33.4. The predicted molar refractivity (Wildman–Crippen MR) is 180 cm³/mol. The quantitative estimate of drug-likeness (QED) is 0.184. The monoisotopic (exact) mass is 643 g/mol. The number of nitrogens with zero attached hydrogens (tertiary/aromatic N) is 2. The van der Waals surface area contributed by atoms with Gasteiger partial charge in [-0.1, -0.05) is 92.2 Å². The zero-order valence-electron chi connectivity index (χ0n) is 27.0. The van der Waals surface area contributed by atoms with Crippen molar-refractivity contribution in [3.8, 4) is 0 Å². The summed E-state index contributed by atoms with van der Waals surface area (Å²) >= 11 is 0. The lowest BCUT2D eigenvalue weighted by molar-refractivity contribution is -0.140. The minimum absolute atomic E-state index is 0.0305. The lowest BCUT2D eigenvalue weighted by Gasteiger charge is -2.34. The second kappa shape index (κ2) is 15.2. The van der Waals surface area contributed by atoms with Gasteiger partial charge in [-0.25, -0.2) is 12.8 Å². The van der Waals surface area contributed by atoms with Crippen LogP contribution in [0.3, 0.4) is 0 Å². The number of anilines is 1. The topological polar surface area (TPSA) is 86.8 Å². The van der Waals surface area contributed by atoms with E-state index < -0.39 is 40.2 Å². The lowest BCUT2D eigenvalue weighted by atomic mass is 10.0. The summed E-state index contributed by atoms with van der Waals surface area (Å²) in [6.45, 7) is 8.97. The molecule has 4 aromatic carbocycles. The number of amides is 2. The van der Waals surface area contributed by atoms with Gasteiger partial charge in [0.15, 0.2) is 0 Å². The highest BCUT2D eigenvalue weighted by Crippen LogP contribution is 2.29. The molecule has 0 aliphatic carbocycles. The third-order valence-electron chi connectivity index (χ3n) is 7.78. The number of hydrogen-bond donors (Lipinski definition) is 1. The first-order chi connectivity index (χ1) is 21.9. The van der Waals surface area contributed by atoms with E-state index in [9.17, 15) is 18.0 Å². The van der Waals surface area contributed by atoms with E-state index in [1.54, 1.807) is 43.3 Å². The fourth-order valence-electron chi connectivity index (χ4n) is 5.13. The molecule has 1 N–H and O–H groups in total. The minimum Gasteiger partial charge on any atom is -0.354 e. The molecular formula is C37H42FN3O4S. The molecule has 0 bridgehead atoms. The molecule has 4 rings (SSSR count). The van der Waals surface area contributed by atoms with Crippen molar-refractivity contribution in [1.82, 2.24) is 10.2 Å². The molecule has 0 saturated heterocycles. The second-order valence-electron chi connectivity index (χ2n) is 12.1. The van der Waals surface area contributed by atoms with Crippen molar-refractivity contribution in [2.45, 2.75) is 58.5 Å². The molecule has 1 atom stereocenters. The van der Waals surface area contributed by atoms with Crippen molar-refractivity contribution < 1.29 is 22.4 Å². The summed E-state index contributed by atoms with van der Waals surface area (Å²) in [6.07, 6.45) is 0.152. The van der Waals surface area contributed by atoms with Crippen molar-refractivity contribution in [3.05, 3.63) is 131 Å². The Bertz CT molecular complexity index is 1760. The molecule has 0 aromatic heterocycles. The van der Waals surface area contributed by atoms with Gasteiger partial charge in [-0.3, -0.25) is 13.9 Å². The van der Waals surface area contributed by atoms with Crippen LogP contribution in [0, 0.1) is 32.5 Å². The molecule has 46 heavy (non-hydrogen) atoms. The zero-order valence-corrected chi connectivity index (χ0v) is 27.9. The Morgan fingerprint density at radius 1 is 0.826 bits per heavy atom. The number of carbonyl (C=O) groups is 2. The van der Waals surface area contributed by atoms with Gasteiger partial charge in [0, 0.05) is 25.1 Å². The van der Waals surface area contributed by atoms with Crippen molar-refractivity contribution in [1.29, 1.82) is 0 Å². The molecular weight excluding hydrogens is 601 g/mol. The average molecular weight is 644 g/mol. The molecule has 7 nitrogen and oxygen atoms in total.